The molecule has 0 spiro atoms. The molecule has 34 heavy (non-hydrogen) atoms. The SMILES string of the molecule is CCCCCN(C(=O)CNC(=O)OC(C)(C)C)C(C(=O)NCC(=O)OC)c1ccc(C)cc1C. The molecule has 0 radical (unpaired) electrons. The maximum Gasteiger partial charge on any atom is 0.408 e. The van der Waals surface area contributed by atoms with E-state index in [1.807, 2.05) is 39.0 Å². The van der Waals surface area contributed by atoms with E-state index in [4.69, 9.17) is 4.74 Å². The van der Waals surface area contributed by atoms with E-state index in [9.17, 15) is 19.2 Å². The summed E-state index contributed by atoms with van der Waals surface area (Å²) in [7, 11) is 1.24. The van der Waals surface area contributed by atoms with E-state index in [0.29, 0.717) is 18.5 Å². The van der Waals surface area contributed by atoms with Gasteiger partial charge in [-0.05, 0) is 52.2 Å². The van der Waals surface area contributed by atoms with Crippen LogP contribution in [0.3, 0.4) is 0 Å². The first-order valence-corrected chi connectivity index (χ1v) is 11.6. The van der Waals surface area contributed by atoms with Gasteiger partial charge in [0.1, 0.15) is 24.7 Å². The number of esters is 1. The first-order chi connectivity index (χ1) is 15.9. The molecule has 0 aliphatic carbocycles. The highest BCUT2D eigenvalue weighted by atomic mass is 16.6. The number of carbonyl (C=O) groups excluding carboxylic acids is 4. The third-order valence-electron chi connectivity index (χ3n) is 5.02. The predicted octanol–water partition coefficient (Wildman–Crippen LogP) is 3.18. The van der Waals surface area contributed by atoms with E-state index in [-0.39, 0.29) is 13.1 Å². The quantitative estimate of drug-likeness (QED) is 0.374. The van der Waals surface area contributed by atoms with Gasteiger partial charge in [0, 0.05) is 6.54 Å². The third-order valence-corrected chi connectivity index (χ3v) is 5.02. The van der Waals surface area contributed by atoms with Gasteiger partial charge in [-0.25, -0.2) is 4.79 Å². The lowest BCUT2D eigenvalue weighted by Crippen LogP contribution is -2.49. The molecular weight excluding hydrogens is 438 g/mol. The molecule has 0 fully saturated rings. The Labute approximate surface area is 202 Å². The summed E-state index contributed by atoms with van der Waals surface area (Å²) in [4.78, 5) is 51.7. The molecule has 1 aromatic carbocycles. The summed E-state index contributed by atoms with van der Waals surface area (Å²) in [5.41, 5.74) is 1.80. The number of aryl methyl sites for hydroxylation is 2. The van der Waals surface area contributed by atoms with Gasteiger partial charge in [-0.15, -0.1) is 0 Å². The van der Waals surface area contributed by atoms with Gasteiger partial charge in [0.15, 0.2) is 0 Å². The number of nitrogens with zero attached hydrogens (tertiary/aromatic N) is 1. The van der Waals surface area contributed by atoms with Crippen LogP contribution in [0.5, 0.6) is 0 Å². The van der Waals surface area contributed by atoms with Crippen LogP contribution < -0.4 is 10.6 Å². The zero-order valence-electron chi connectivity index (χ0n) is 21.4. The highest BCUT2D eigenvalue weighted by Crippen LogP contribution is 2.26. The molecule has 1 atom stereocenters. The van der Waals surface area contributed by atoms with Crippen LogP contribution in [-0.4, -0.2) is 61.1 Å². The van der Waals surface area contributed by atoms with E-state index >= 15 is 0 Å². The molecule has 0 saturated carbocycles. The van der Waals surface area contributed by atoms with Crippen molar-refractivity contribution in [1.29, 1.82) is 0 Å². The minimum atomic E-state index is -0.977. The summed E-state index contributed by atoms with van der Waals surface area (Å²) in [5.74, 6) is -1.53. The maximum absolute atomic E-state index is 13.3. The van der Waals surface area contributed by atoms with Crippen LogP contribution in [0.25, 0.3) is 0 Å². The number of unbranched alkanes of at least 4 members (excludes halogenated alkanes) is 2. The second kappa shape index (κ2) is 13.6. The zero-order valence-corrected chi connectivity index (χ0v) is 21.4. The van der Waals surface area contributed by atoms with Crippen LogP contribution in [0.1, 0.15) is 69.7 Å². The second-order valence-electron chi connectivity index (χ2n) is 9.21. The van der Waals surface area contributed by atoms with Crippen LogP contribution in [0.15, 0.2) is 18.2 Å². The van der Waals surface area contributed by atoms with E-state index in [1.165, 1.54) is 12.0 Å². The fourth-order valence-electron chi connectivity index (χ4n) is 3.40. The maximum atomic E-state index is 13.3. The van der Waals surface area contributed by atoms with Crippen molar-refractivity contribution in [1.82, 2.24) is 15.5 Å². The van der Waals surface area contributed by atoms with Crippen molar-refractivity contribution in [2.75, 3.05) is 26.7 Å². The Balaban J connectivity index is 3.26. The Hall–Kier alpha value is -3.10. The van der Waals surface area contributed by atoms with E-state index in [0.717, 1.165) is 24.0 Å². The molecule has 9 nitrogen and oxygen atoms in total. The number of alkyl carbamates (subject to hydrolysis) is 1. The number of carbonyl (C=O) groups is 4. The lowest BCUT2D eigenvalue weighted by atomic mass is 9.96. The van der Waals surface area contributed by atoms with Crippen molar-refractivity contribution in [2.45, 2.75) is 72.4 Å². The lowest BCUT2D eigenvalue weighted by molar-refractivity contribution is -0.143. The third kappa shape index (κ3) is 9.80. The number of hydrogen-bond donors (Lipinski definition) is 2. The molecule has 1 unspecified atom stereocenters. The summed E-state index contributed by atoms with van der Waals surface area (Å²) in [6.07, 6.45) is 1.76. The van der Waals surface area contributed by atoms with Crippen LogP contribution in [-0.2, 0) is 23.9 Å². The molecule has 0 bridgehead atoms. The Kier molecular flexibility index (Phi) is 11.5. The van der Waals surface area contributed by atoms with Crippen molar-refractivity contribution in [3.8, 4) is 0 Å². The largest absolute Gasteiger partial charge is 0.468 e. The molecule has 0 aliphatic heterocycles. The number of benzene rings is 1. The van der Waals surface area contributed by atoms with Gasteiger partial charge < -0.3 is 25.0 Å². The highest BCUT2D eigenvalue weighted by Gasteiger charge is 2.32. The Bertz CT molecular complexity index is 863. The van der Waals surface area contributed by atoms with Gasteiger partial charge in [0.05, 0.1) is 7.11 Å². The molecule has 9 heteroatoms. The predicted molar refractivity (Wildman–Crippen MR) is 129 cm³/mol. The molecule has 1 rings (SSSR count). The average Bonchev–Trinajstić information content (AvgIpc) is 2.75. The van der Waals surface area contributed by atoms with Crippen molar-refractivity contribution >= 4 is 23.9 Å². The van der Waals surface area contributed by atoms with Crippen molar-refractivity contribution in [3.63, 3.8) is 0 Å². The second-order valence-corrected chi connectivity index (χ2v) is 9.21. The normalized spacial score (nSPS) is 11.9. The Morgan fingerprint density at radius 2 is 1.71 bits per heavy atom. The number of nitrogens with one attached hydrogen (secondary N) is 2. The van der Waals surface area contributed by atoms with Crippen LogP contribution in [0, 0.1) is 13.8 Å². The average molecular weight is 478 g/mol. The minimum absolute atomic E-state index is 0.312. The van der Waals surface area contributed by atoms with Gasteiger partial charge in [-0.2, -0.15) is 0 Å². The van der Waals surface area contributed by atoms with Crippen molar-refractivity contribution in [2.24, 2.45) is 0 Å². The van der Waals surface area contributed by atoms with Gasteiger partial charge >= 0.3 is 12.1 Å². The van der Waals surface area contributed by atoms with Crippen LogP contribution in [0.4, 0.5) is 4.79 Å². The number of methoxy groups -OCH3 is 1. The summed E-state index contributed by atoms with van der Waals surface area (Å²) in [6.45, 7) is 10.7. The molecule has 0 saturated heterocycles. The molecule has 0 heterocycles. The van der Waals surface area contributed by atoms with Gasteiger partial charge in [0.25, 0.3) is 0 Å². The monoisotopic (exact) mass is 477 g/mol. The first-order valence-electron chi connectivity index (χ1n) is 11.6. The van der Waals surface area contributed by atoms with E-state index in [1.54, 1.807) is 20.8 Å². The van der Waals surface area contributed by atoms with E-state index in [2.05, 4.69) is 15.4 Å². The topological polar surface area (TPSA) is 114 Å². The fourth-order valence-corrected chi connectivity index (χ4v) is 3.40. The number of rotatable bonds is 11. The lowest BCUT2D eigenvalue weighted by Gasteiger charge is -2.32. The molecule has 0 aliphatic rings. The molecule has 0 aromatic heterocycles. The summed E-state index contributed by atoms with van der Waals surface area (Å²) in [5, 5.41) is 5.06. The number of hydrogen-bond acceptors (Lipinski definition) is 6. The zero-order chi connectivity index (χ0) is 25.9. The van der Waals surface area contributed by atoms with Gasteiger partial charge in [-0.3, -0.25) is 14.4 Å². The molecule has 3 amide bonds. The van der Waals surface area contributed by atoms with Crippen LogP contribution in [0.2, 0.25) is 0 Å². The standard InChI is InChI=1S/C25H39N3O6/c1-8-9-10-13-28(20(29)15-27-24(32)34-25(4,5)6)22(23(31)26-16-21(30)33-7)19-12-11-17(2)14-18(19)3/h11-12,14,22H,8-10,13,15-16H2,1-7H3,(H,26,31)(H,27,32). The Morgan fingerprint density at radius 3 is 2.26 bits per heavy atom. The van der Waals surface area contributed by atoms with Gasteiger partial charge in [0.2, 0.25) is 11.8 Å². The van der Waals surface area contributed by atoms with Gasteiger partial charge in [-0.1, -0.05) is 43.5 Å². The fraction of sp³-hybridized carbons (Fsp3) is 0.600. The number of ether oxygens (including phenoxy) is 2. The first kappa shape index (κ1) is 28.9. The molecule has 190 valence electrons. The van der Waals surface area contributed by atoms with E-state index < -0.39 is 35.5 Å². The summed E-state index contributed by atoms with van der Waals surface area (Å²) >= 11 is 0. The smallest absolute Gasteiger partial charge is 0.408 e. The highest BCUT2D eigenvalue weighted by molar-refractivity contribution is 5.92. The van der Waals surface area contributed by atoms with Crippen molar-refractivity contribution in [3.05, 3.63) is 34.9 Å². The molecular formula is C25H39N3O6. The van der Waals surface area contributed by atoms with Crippen LogP contribution >= 0.6 is 0 Å². The summed E-state index contributed by atoms with van der Waals surface area (Å²) < 4.78 is 9.84. The minimum Gasteiger partial charge on any atom is -0.468 e. The summed E-state index contributed by atoms with van der Waals surface area (Å²) in [6, 6.07) is 4.64. The van der Waals surface area contributed by atoms with Crippen molar-refractivity contribution < 1.29 is 28.7 Å². The Morgan fingerprint density at radius 1 is 1.03 bits per heavy atom. The molecule has 2 N–H and O–H groups in total. The molecule has 1 aromatic rings. The number of amides is 3.